The molecule has 1 N–H and O–H groups in total. The van der Waals surface area contributed by atoms with Crippen molar-refractivity contribution < 1.29 is 9.90 Å². The van der Waals surface area contributed by atoms with E-state index in [4.69, 9.17) is 0 Å². The first-order valence-corrected chi connectivity index (χ1v) is 9.28. The molecule has 0 saturated carbocycles. The summed E-state index contributed by atoms with van der Waals surface area (Å²) in [6, 6.07) is 14.5. The molecule has 1 aromatic carbocycles. The first-order valence-electron chi connectivity index (χ1n) is 9.28. The lowest BCUT2D eigenvalue weighted by atomic mass is 9.75. The van der Waals surface area contributed by atoms with E-state index in [0.29, 0.717) is 0 Å². The van der Waals surface area contributed by atoms with Crippen LogP contribution in [0.4, 0.5) is 0 Å². The summed E-state index contributed by atoms with van der Waals surface area (Å²) in [6.45, 7) is -0.186. The SMILES string of the molecule is N#C[C@H]1[C@@H](c2ccc(C3=CCCC3)cc2)[C@H](CO)N1C(=O)c1ccccn1. The average molecular weight is 359 g/mol. The highest BCUT2D eigenvalue weighted by Gasteiger charge is 2.52. The maximum Gasteiger partial charge on any atom is 0.273 e. The fourth-order valence-corrected chi connectivity index (χ4v) is 4.16. The summed E-state index contributed by atoms with van der Waals surface area (Å²) < 4.78 is 0. The summed E-state index contributed by atoms with van der Waals surface area (Å²) in [5.74, 6) is -0.510. The first kappa shape index (κ1) is 17.4. The monoisotopic (exact) mass is 359 g/mol. The lowest BCUT2D eigenvalue weighted by molar-refractivity contribution is -0.00629. The third-order valence-electron chi connectivity index (χ3n) is 5.56. The molecule has 5 nitrogen and oxygen atoms in total. The van der Waals surface area contributed by atoms with Crippen LogP contribution >= 0.6 is 0 Å². The number of carbonyl (C=O) groups is 1. The molecule has 0 unspecified atom stereocenters. The number of carbonyl (C=O) groups excluding carboxylic acids is 1. The van der Waals surface area contributed by atoms with E-state index in [1.807, 2.05) is 12.1 Å². The summed E-state index contributed by atoms with van der Waals surface area (Å²) in [7, 11) is 0. The molecule has 1 aromatic heterocycles. The Kier molecular flexibility index (Phi) is 4.74. The zero-order valence-electron chi connectivity index (χ0n) is 15.0. The van der Waals surface area contributed by atoms with Gasteiger partial charge in [0.05, 0.1) is 18.7 Å². The molecule has 3 atom stereocenters. The van der Waals surface area contributed by atoms with Crippen LogP contribution in [0.25, 0.3) is 5.57 Å². The highest BCUT2D eigenvalue weighted by Crippen LogP contribution is 2.41. The van der Waals surface area contributed by atoms with E-state index in [1.54, 1.807) is 24.4 Å². The van der Waals surface area contributed by atoms with Crippen LogP contribution in [0.1, 0.15) is 46.8 Å². The van der Waals surface area contributed by atoms with Crippen LogP contribution in [0, 0.1) is 11.3 Å². The van der Waals surface area contributed by atoms with Crippen molar-refractivity contribution in [1.29, 1.82) is 5.26 Å². The van der Waals surface area contributed by atoms with Gasteiger partial charge in [-0.15, -0.1) is 0 Å². The summed E-state index contributed by atoms with van der Waals surface area (Å²) in [5.41, 5.74) is 3.86. The molecule has 1 aliphatic carbocycles. The maximum atomic E-state index is 12.8. The number of nitrogens with zero attached hydrogens (tertiary/aromatic N) is 3. The number of pyridine rings is 1. The van der Waals surface area contributed by atoms with Crippen molar-refractivity contribution in [1.82, 2.24) is 9.88 Å². The molecule has 1 fully saturated rings. The van der Waals surface area contributed by atoms with Gasteiger partial charge in [-0.05, 0) is 48.1 Å². The van der Waals surface area contributed by atoms with Gasteiger partial charge >= 0.3 is 0 Å². The third-order valence-corrected chi connectivity index (χ3v) is 5.56. The molecule has 2 aromatic rings. The Balaban J connectivity index is 1.58. The highest BCUT2D eigenvalue weighted by molar-refractivity contribution is 5.94. The fraction of sp³-hybridized carbons (Fsp3) is 0.318. The van der Waals surface area contributed by atoms with E-state index in [2.05, 4.69) is 29.3 Å². The van der Waals surface area contributed by atoms with Crippen LogP contribution in [0.2, 0.25) is 0 Å². The van der Waals surface area contributed by atoms with Crippen molar-refractivity contribution in [2.75, 3.05) is 6.61 Å². The molecule has 0 bridgehead atoms. The van der Waals surface area contributed by atoms with E-state index >= 15 is 0 Å². The molecule has 0 spiro atoms. The normalized spacial score (nSPS) is 24.1. The van der Waals surface area contributed by atoms with Crippen LogP contribution in [0.15, 0.2) is 54.7 Å². The van der Waals surface area contributed by atoms with Gasteiger partial charge in [0.2, 0.25) is 0 Å². The number of nitriles is 1. The zero-order chi connectivity index (χ0) is 18.8. The third kappa shape index (κ3) is 3.02. The second-order valence-corrected chi connectivity index (χ2v) is 7.02. The van der Waals surface area contributed by atoms with Crippen LogP contribution in [0.3, 0.4) is 0 Å². The van der Waals surface area contributed by atoms with Gasteiger partial charge in [-0.2, -0.15) is 5.26 Å². The average Bonchev–Trinajstić information content (AvgIpc) is 3.24. The summed E-state index contributed by atoms with van der Waals surface area (Å²) >= 11 is 0. The molecular formula is C22H21N3O2. The van der Waals surface area contributed by atoms with Crippen LogP contribution < -0.4 is 0 Å². The number of hydrogen-bond acceptors (Lipinski definition) is 4. The molecule has 1 amide bonds. The summed E-state index contributed by atoms with van der Waals surface area (Å²) in [6.07, 6.45) is 7.27. The smallest absolute Gasteiger partial charge is 0.273 e. The number of aliphatic hydroxyl groups is 1. The van der Waals surface area contributed by atoms with Crippen molar-refractivity contribution >= 4 is 11.5 Å². The van der Waals surface area contributed by atoms with E-state index in [1.165, 1.54) is 22.5 Å². The predicted octanol–water partition coefficient (Wildman–Crippen LogP) is 3.14. The standard InChI is InChI=1S/C22H21N3O2/c23-13-19-21(17-10-8-16(9-11-17)15-5-1-2-6-15)20(14-26)25(19)22(27)18-7-3-4-12-24-18/h3-5,7-12,19-21,26H,1-2,6,14H2/t19-,20-,21+/m0/s1. The van der Waals surface area contributed by atoms with E-state index in [0.717, 1.165) is 18.4 Å². The second-order valence-electron chi connectivity index (χ2n) is 7.02. The largest absolute Gasteiger partial charge is 0.394 e. The number of likely N-dealkylation sites (tertiary alicyclic amines) is 1. The Morgan fingerprint density at radius 3 is 2.67 bits per heavy atom. The molecule has 1 aliphatic heterocycles. The molecular weight excluding hydrogens is 338 g/mol. The van der Waals surface area contributed by atoms with Crippen molar-refractivity contribution in [3.8, 4) is 6.07 Å². The van der Waals surface area contributed by atoms with Gasteiger partial charge in [-0.3, -0.25) is 9.78 Å². The molecule has 2 heterocycles. The molecule has 1 saturated heterocycles. The van der Waals surface area contributed by atoms with Gasteiger partial charge in [0, 0.05) is 12.1 Å². The minimum atomic E-state index is -0.604. The van der Waals surface area contributed by atoms with E-state index in [-0.39, 0.29) is 24.1 Å². The lowest BCUT2D eigenvalue weighted by Crippen LogP contribution is -2.65. The van der Waals surface area contributed by atoms with Crippen LogP contribution in [-0.2, 0) is 0 Å². The number of aliphatic hydroxyl groups excluding tert-OH is 1. The highest BCUT2D eigenvalue weighted by atomic mass is 16.3. The van der Waals surface area contributed by atoms with Crippen LogP contribution in [-0.4, -0.2) is 39.6 Å². The Bertz CT molecular complexity index is 899. The van der Waals surface area contributed by atoms with Crippen molar-refractivity contribution in [2.24, 2.45) is 0 Å². The molecule has 5 heteroatoms. The Labute approximate surface area is 158 Å². The summed E-state index contributed by atoms with van der Waals surface area (Å²) in [4.78, 5) is 18.3. The minimum Gasteiger partial charge on any atom is -0.394 e. The minimum absolute atomic E-state index is 0.186. The van der Waals surface area contributed by atoms with Gasteiger partial charge in [0.25, 0.3) is 5.91 Å². The predicted molar refractivity (Wildman–Crippen MR) is 102 cm³/mol. The second kappa shape index (κ2) is 7.34. The maximum absolute atomic E-state index is 12.8. The Morgan fingerprint density at radius 1 is 1.26 bits per heavy atom. The lowest BCUT2D eigenvalue weighted by Gasteiger charge is -2.51. The number of aromatic nitrogens is 1. The molecule has 2 aliphatic rings. The van der Waals surface area contributed by atoms with Gasteiger partial charge in [0.1, 0.15) is 11.7 Å². The van der Waals surface area contributed by atoms with Crippen molar-refractivity contribution in [3.63, 3.8) is 0 Å². The van der Waals surface area contributed by atoms with Crippen molar-refractivity contribution in [3.05, 3.63) is 71.6 Å². The molecule has 136 valence electrons. The van der Waals surface area contributed by atoms with E-state index < -0.39 is 12.1 Å². The molecule has 4 rings (SSSR count). The fourth-order valence-electron chi connectivity index (χ4n) is 4.16. The van der Waals surface area contributed by atoms with Crippen molar-refractivity contribution in [2.45, 2.75) is 37.3 Å². The van der Waals surface area contributed by atoms with Gasteiger partial charge in [-0.25, -0.2) is 0 Å². The summed E-state index contributed by atoms with van der Waals surface area (Å²) in [5, 5.41) is 19.6. The Hall–Kier alpha value is -2.97. The number of hydrogen-bond donors (Lipinski definition) is 1. The van der Waals surface area contributed by atoms with E-state index in [9.17, 15) is 15.2 Å². The number of allylic oxidation sites excluding steroid dienone is 2. The number of rotatable bonds is 4. The molecule has 27 heavy (non-hydrogen) atoms. The quantitative estimate of drug-likeness (QED) is 0.910. The number of benzene rings is 1. The topological polar surface area (TPSA) is 77.2 Å². The zero-order valence-corrected chi connectivity index (χ0v) is 15.0. The van der Waals surface area contributed by atoms with Gasteiger partial charge < -0.3 is 10.0 Å². The van der Waals surface area contributed by atoms with Gasteiger partial charge in [-0.1, -0.05) is 36.4 Å². The Morgan fingerprint density at radius 2 is 2.07 bits per heavy atom. The first-order chi connectivity index (χ1) is 13.2. The molecule has 0 radical (unpaired) electrons. The van der Waals surface area contributed by atoms with Crippen LogP contribution in [0.5, 0.6) is 0 Å². The van der Waals surface area contributed by atoms with Gasteiger partial charge in [0.15, 0.2) is 0 Å². The number of amides is 1.